The number of carboxylic acid groups (broad SMARTS) is 1. The van der Waals surface area contributed by atoms with Crippen LogP contribution in [0.3, 0.4) is 0 Å². The number of carbonyl (C=O) groups excluding carboxylic acids is 1. The molecule has 1 amide bonds. The highest BCUT2D eigenvalue weighted by Crippen LogP contribution is 2.34. The van der Waals surface area contributed by atoms with Crippen LogP contribution in [0, 0.1) is 5.92 Å². The molecule has 5 nitrogen and oxygen atoms in total. The number of carboxylic acids is 1. The molecular formula is C15H22N2O3S. The fourth-order valence-electron chi connectivity index (χ4n) is 2.94. The maximum Gasteiger partial charge on any atom is 0.308 e. The predicted octanol–water partition coefficient (Wildman–Crippen LogP) is 2.86. The van der Waals surface area contributed by atoms with E-state index in [1.807, 2.05) is 6.92 Å². The Morgan fingerprint density at radius 3 is 2.95 bits per heavy atom. The molecule has 1 saturated carbocycles. The molecule has 0 bridgehead atoms. The first-order valence-electron chi connectivity index (χ1n) is 7.46. The van der Waals surface area contributed by atoms with E-state index in [9.17, 15) is 14.7 Å². The summed E-state index contributed by atoms with van der Waals surface area (Å²) in [6.07, 6.45) is 6.63. The number of nitrogens with zero attached hydrogens (tertiary/aromatic N) is 1. The molecule has 0 radical (unpaired) electrons. The summed E-state index contributed by atoms with van der Waals surface area (Å²) < 4.78 is 0. The average molecular weight is 310 g/mol. The van der Waals surface area contributed by atoms with Crippen molar-refractivity contribution in [2.75, 3.05) is 0 Å². The highest BCUT2D eigenvalue weighted by atomic mass is 32.1. The molecule has 0 aromatic carbocycles. The first kappa shape index (κ1) is 15.9. The molecule has 2 unspecified atom stereocenters. The van der Waals surface area contributed by atoms with Gasteiger partial charge in [-0.3, -0.25) is 9.59 Å². The summed E-state index contributed by atoms with van der Waals surface area (Å²) in [5.74, 6) is -1.54. The second-order valence-electron chi connectivity index (χ2n) is 5.88. The van der Waals surface area contributed by atoms with Gasteiger partial charge >= 0.3 is 5.97 Å². The third kappa shape index (κ3) is 3.61. The van der Waals surface area contributed by atoms with Gasteiger partial charge in [0.15, 0.2) is 0 Å². The van der Waals surface area contributed by atoms with Gasteiger partial charge in [-0.15, -0.1) is 11.3 Å². The lowest BCUT2D eigenvalue weighted by atomic mass is 9.74. The van der Waals surface area contributed by atoms with E-state index in [0.717, 1.165) is 30.7 Å². The highest BCUT2D eigenvalue weighted by molar-refractivity contribution is 7.13. The summed E-state index contributed by atoms with van der Waals surface area (Å²) in [4.78, 5) is 28.6. The molecule has 21 heavy (non-hydrogen) atoms. The maximum absolute atomic E-state index is 12.4. The van der Waals surface area contributed by atoms with Crippen LogP contribution in [0.25, 0.3) is 0 Å². The first-order valence-corrected chi connectivity index (χ1v) is 8.28. The molecule has 0 spiro atoms. The van der Waals surface area contributed by atoms with Crippen LogP contribution in [0.5, 0.6) is 0 Å². The molecule has 1 aliphatic rings. The lowest BCUT2D eigenvalue weighted by molar-refractivity contribution is -0.145. The van der Waals surface area contributed by atoms with Gasteiger partial charge in [0.05, 0.1) is 22.7 Å². The summed E-state index contributed by atoms with van der Waals surface area (Å²) in [7, 11) is 0. The fraction of sp³-hybridized carbons (Fsp3) is 0.667. The van der Waals surface area contributed by atoms with E-state index >= 15 is 0 Å². The molecular weight excluding hydrogens is 288 g/mol. The van der Waals surface area contributed by atoms with Crippen LogP contribution in [-0.4, -0.2) is 27.5 Å². The molecule has 0 aliphatic heterocycles. The third-order valence-corrected chi connectivity index (χ3v) is 5.20. The summed E-state index contributed by atoms with van der Waals surface area (Å²) in [6.45, 7) is 3.92. The van der Waals surface area contributed by atoms with Crippen molar-refractivity contribution >= 4 is 23.2 Å². The van der Waals surface area contributed by atoms with Crippen LogP contribution < -0.4 is 5.32 Å². The number of carbonyl (C=O) groups is 2. The molecule has 0 saturated heterocycles. The van der Waals surface area contributed by atoms with Gasteiger partial charge in [0.1, 0.15) is 4.88 Å². The summed E-state index contributed by atoms with van der Waals surface area (Å²) in [5, 5.41) is 13.3. The Morgan fingerprint density at radius 1 is 1.52 bits per heavy atom. The predicted molar refractivity (Wildman–Crippen MR) is 81.6 cm³/mol. The van der Waals surface area contributed by atoms with E-state index in [4.69, 9.17) is 0 Å². The second-order valence-corrected chi connectivity index (χ2v) is 6.99. The normalized spacial score (nSPS) is 25.5. The van der Waals surface area contributed by atoms with E-state index in [-0.39, 0.29) is 5.91 Å². The minimum absolute atomic E-state index is 0.203. The number of aromatic nitrogens is 1. The number of thiazole rings is 1. The Hall–Kier alpha value is -1.43. The zero-order valence-corrected chi connectivity index (χ0v) is 13.3. The molecule has 6 heteroatoms. The van der Waals surface area contributed by atoms with Crippen molar-refractivity contribution in [2.45, 2.75) is 57.9 Å². The molecule has 116 valence electrons. The number of aryl methyl sites for hydroxylation is 1. The number of nitrogens with one attached hydrogen (secondary N) is 1. The van der Waals surface area contributed by atoms with Gasteiger partial charge in [-0.05, 0) is 32.6 Å². The van der Waals surface area contributed by atoms with Crippen LogP contribution in [0.15, 0.2) is 6.20 Å². The largest absolute Gasteiger partial charge is 0.481 e. The number of rotatable bonds is 5. The lowest BCUT2D eigenvalue weighted by Crippen LogP contribution is -2.55. The van der Waals surface area contributed by atoms with Gasteiger partial charge < -0.3 is 10.4 Å². The molecule has 2 atom stereocenters. The minimum atomic E-state index is -0.825. The van der Waals surface area contributed by atoms with Crippen molar-refractivity contribution in [3.05, 3.63) is 16.1 Å². The van der Waals surface area contributed by atoms with Gasteiger partial charge in [-0.1, -0.05) is 19.8 Å². The zero-order chi connectivity index (χ0) is 15.5. The minimum Gasteiger partial charge on any atom is -0.481 e. The SMILES string of the molecule is CCCc1ncc(C(=O)NC2(C)CCCCC2C(=O)O)s1. The van der Waals surface area contributed by atoms with Gasteiger partial charge in [-0.25, -0.2) is 4.98 Å². The van der Waals surface area contributed by atoms with Crippen molar-refractivity contribution in [1.82, 2.24) is 10.3 Å². The molecule has 1 aromatic heterocycles. The standard InChI is InChI=1S/C15H22N2O3S/c1-3-6-12-16-9-11(21-12)13(18)17-15(2)8-5-4-7-10(15)14(19)20/h9-10H,3-8H2,1-2H3,(H,17,18)(H,19,20). The zero-order valence-electron chi connectivity index (χ0n) is 12.5. The Labute approximate surface area is 128 Å². The second kappa shape index (κ2) is 6.56. The van der Waals surface area contributed by atoms with Crippen molar-refractivity contribution in [3.8, 4) is 0 Å². The van der Waals surface area contributed by atoms with E-state index in [0.29, 0.717) is 17.7 Å². The topological polar surface area (TPSA) is 79.3 Å². The quantitative estimate of drug-likeness (QED) is 0.876. The molecule has 2 N–H and O–H groups in total. The average Bonchev–Trinajstić information content (AvgIpc) is 2.87. The summed E-state index contributed by atoms with van der Waals surface area (Å²) in [6, 6.07) is 0. The van der Waals surface area contributed by atoms with Crippen LogP contribution >= 0.6 is 11.3 Å². The van der Waals surface area contributed by atoms with Crippen molar-refractivity contribution in [2.24, 2.45) is 5.92 Å². The first-order chi connectivity index (χ1) is 9.96. The van der Waals surface area contributed by atoms with Crippen LogP contribution in [0.2, 0.25) is 0 Å². The molecule has 1 aliphatic carbocycles. The number of hydrogen-bond acceptors (Lipinski definition) is 4. The van der Waals surface area contributed by atoms with Crippen molar-refractivity contribution < 1.29 is 14.7 Å². The lowest BCUT2D eigenvalue weighted by Gasteiger charge is -2.39. The van der Waals surface area contributed by atoms with Gasteiger partial charge in [0.25, 0.3) is 5.91 Å². The number of amides is 1. The number of hydrogen-bond donors (Lipinski definition) is 2. The van der Waals surface area contributed by atoms with E-state index in [1.165, 1.54) is 11.3 Å². The summed E-state index contributed by atoms with van der Waals surface area (Å²) >= 11 is 1.39. The van der Waals surface area contributed by atoms with E-state index in [2.05, 4.69) is 17.2 Å². The molecule has 1 heterocycles. The molecule has 1 fully saturated rings. The van der Waals surface area contributed by atoms with E-state index < -0.39 is 17.4 Å². The summed E-state index contributed by atoms with van der Waals surface area (Å²) in [5.41, 5.74) is -0.671. The van der Waals surface area contributed by atoms with Gasteiger partial charge in [0.2, 0.25) is 0 Å². The maximum atomic E-state index is 12.4. The van der Waals surface area contributed by atoms with Crippen molar-refractivity contribution in [3.63, 3.8) is 0 Å². The van der Waals surface area contributed by atoms with Crippen LogP contribution in [0.4, 0.5) is 0 Å². The Bertz CT molecular complexity index is 529. The smallest absolute Gasteiger partial charge is 0.308 e. The Kier molecular flexibility index (Phi) is 4.98. The van der Waals surface area contributed by atoms with E-state index in [1.54, 1.807) is 6.20 Å². The van der Waals surface area contributed by atoms with Crippen molar-refractivity contribution in [1.29, 1.82) is 0 Å². The highest BCUT2D eigenvalue weighted by Gasteiger charge is 2.42. The number of aliphatic carboxylic acids is 1. The third-order valence-electron chi connectivity index (χ3n) is 4.15. The molecule has 1 aromatic rings. The van der Waals surface area contributed by atoms with Gasteiger partial charge in [-0.2, -0.15) is 0 Å². The molecule has 2 rings (SSSR count). The fourth-order valence-corrected chi connectivity index (χ4v) is 3.86. The van der Waals surface area contributed by atoms with Gasteiger partial charge in [0, 0.05) is 0 Å². The Morgan fingerprint density at radius 2 is 2.29 bits per heavy atom. The Balaban J connectivity index is 2.10. The monoisotopic (exact) mass is 310 g/mol. The van der Waals surface area contributed by atoms with Crippen LogP contribution in [0.1, 0.15) is 60.6 Å². The van der Waals surface area contributed by atoms with Crippen LogP contribution in [-0.2, 0) is 11.2 Å².